The Morgan fingerprint density at radius 2 is 1.65 bits per heavy atom. The molecule has 0 aliphatic rings. The van der Waals surface area contributed by atoms with Gasteiger partial charge in [0.05, 0.1) is 6.04 Å². The molecule has 158 valence electrons. The van der Waals surface area contributed by atoms with Crippen LogP contribution >= 0.6 is 0 Å². The zero-order chi connectivity index (χ0) is 22.5. The molecule has 1 amide bonds. The number of hydrogen-bond donors (Lipinski definition) is 1. The largest absolute Gasteiger partial charge is 0.345 e. The number of hydrogen-bond acceptors (Lipinski definition) is 2. The summed E-state index contributed by atoms with van der Waals surface area (Å²) in [7, 11) is 0. The minimum absolute atomic E-state index is 0.0955. The topological polar surface area (TPSA) is 57.8 Å². The normalized spacial score (nSPS) is 12.5. The van der Waals surface area contributed by atoms with Crippen LogP contribution < -0.4 is 5.32 Å². The lowest BCUT2D eigenvalue weighted by atomic mass is 10.0. The number of aryl methyl sites for hydroxylation is 1. The van der Waals surface area contributed by atoms with Crippen molar-refractivity contribution in [3.63, 3.8) is 0 Å². The number of benzene rings is 2. The van der Waals surface area contributed by atoms with Gasteiger partial charge in [0.15, 0.2) is 0 Å². The van der Waals surface area contributed by atoms with E-state index in [2.05, 4.69) is 54.1 Å². The van der Waals surface area contributed by atoms with Crippen LogP contribution in [-0.2, 0) is 4.79 Å². The smallest absolute Gasteiger partial charge is 0.262 e. The van der Waals surface area contributed by atoms with Gasteiger partial charge < -0.3 is 9.88 Å². The van der Waals surface area contributed by atoms with Crippen molar-refractivity contribution in [2.24, 2.45) is 0 Å². The van der Waals surface area contributed by atoms with Gasteiger partial charge >= 0.3 is 0 Å². The Balaban J connectivity index is 1.87. The fraction of sp³-hybridized carbons (Fsp3) is 0.259. The van der Waals surface area contributed by atoms with Crippen molar-refractivity contribution in [3.05, 3.63) is 94.3 Å². The first-order chi connectivity index (χ1) is 14.8. The third-order valence-corrected chi connectivity index (χ3v) is 5.60. The van der Waals surface area contributed by atoms with Crippen LogP contribution in [-0.4, -0.2) is 10.5 Å². The fourth-order valence-electron chi connectivity index (χ4n) is 3.74. The first-order valence-corrected chi connectivity index (χ1v) is 10.6. The van der Waals surface area contributed by atoms with E-state index in [1.54, 1.807) is 6.08 Å². The molecule has 0 bridgehead atoms. The molecule has 1 N–H and O–H groups in total. The number of carbonyl (C=O) groups is 1. The van der Waals surface area contributed by atoms with Gasteiger partial charge in [-0.3, -0.25) is 4.79 Å². The highest BCUT2D eigenvalue weighted by Gasteiger charge is 2.16. The van der Waals surface area contributed by atoms with Crippen LogP contribution in [0.1, 0.15) is 60.8 Å². The highest BCUT2D eigenvalue weighted by Crippen LogP contribution is 2.25. The predicted molar refractivity (Wildman–Crippen MR) is 126 cm³/mol. The second-order valence-corrected chi connectivity index (χ2v) is 8.18. The predicted octanol–water partition coefficient (Wildman–Crippen LogP) is 6.00. The second kappa shape index (κ2) is 9.49. The van der Waals surface area contributed by atoms with Crippen LogP contribution in [0.25, 0.3) is 11.8 Å². The van der Waals surface area contributed by atoms with E-state index < -0.39 is 0 Å². The number of nitrogens with zero attached hydrogens (tertiary/aromatic N) is 2. The third kappa shape index (κ3) is 4.95. The van der Waals surface area contributed by atoms with E-state index in [0.29, 0.717) is 5.92 Å². The number of amides is 1. The summed E-state index contributed by atoms with van der Waals surface area (Å²) in [5.41, 5.74) is 6.36. The summed E-state index contributed by atoms with van der Waals surface area (Å²) in [4.78, 5) is 12.7. The lowest BCUT2D eigenvalue weighted by Crippen LogP contribution is -2.27. The first kappa shape index (κ1) is 22.1. The standard InChI is InChI=1S/C27H29N3O/c1-18(2)22-11-13-26(14-12-22)30-19(3)15-24(21(30)5)16-25(17-28)27(31)29-20(4)23-9-7-6-8-10-23/h6-16,18,20H,1-5H3,(H,29,31)/b25-16-/t20-/m0/s1. The van der Waals surface area contributed by atoms with Crippen LogP contribution in [0.2, 0.25) is 0 Å². The van der Waals surface area contributed by atoms with Gasteiger partial charge in [0.1, 0.15) is 11.6 Å². The molecule has 0 fully saturated rings. The van der Waals surface area contributed by atoms with Gasteiger partial charge in [-0.2, -0.15) is 5.26 Å². The second-order valence-electron chi connectivity index (χ2n) is 8.18. The molecule has 0 unspecified atom stereocenters. The van der Waals surface area contributed by atoms with Crippen LogP contribution in [0, 0.1) is 25.2 Å². The van der Waals surface area contributed by atoms with E-state index in [1.807, 2.05) is 57.2 Å². The van der Waals surface area contributed by atoms with Crippen molar-refractivity contribution in [1.82, 2.24) is 9.88 Å². The number of aromatic nitrogens is 1. The molecule has 0 saturated carbocycles. The quantitative estimate of drug-likeness (QED) is 0.399. The highest BCUT2D eigenvalue weighted by molar-refractivity contribution is 6.02. The number of nitrogens with one attached hydrogen (secondary N) is 1. The lowest BCUT2D eigenvalue weighted by Gasteiger charge is -2.14. The molecule has 3 aromatic rings. The van der Waals surface area contributed by atoms with Gasteiger partial charge in [0.25, 0.3) is 5.91 Å². The number of carbonyl (C=O) groups excluding carboxylic acids is 1. The minimum Gasteiger partial charge on any atom is -0.345 e. The van der Waals surface area contributed by atoms with Gasteiger partial charge in [-0.05, 0) is 67.7 Å². The van der Waals surface area contributed by atoms with E-state index in [0.717, 1.165) is 28.2 Å². The average Bonchev–Trinajstić information content (AvgIpc) is 3.05. The van der Waals surface area contributed by atoms with Gasteiger partial charge in [0, 0.05) is 17.1 Å². The maximum Gasteiger partial charge on any atom is 0.262 e. The zero-order valence-electron chi connectivity index (χ0n) is 18.8. The molecular formula is C27H29N3O. The van der Waals surface area contributed by atoms with Crippen LogP contribution in [0.3, 0.4) is 0 Å². The third-order valence-electron chi connectivity index (χ3n) is 5.60. The summed E-state index contributed by atoms with van der Waals surface area (Å²) < 4.78 is 2.15. The Hall–Kier alpha value is -3.58. The van der Waals surface area contributed by atoms with E-state index in [4.69, 9.17) is 0 Å². The van der Waals surface area contributed by atoms with Gasteiger partial charge in [-0.1, -0.05) is 56.3 Å². The Bertz CT molecular complexity index is 1130. The molecule has 1 heterocycles. The van der Waals surface area contributed by atoms with Crippen LogP contribution in [0.15, 0.2) is 66.2 Å². The molecule has 0 aliphatic heterocycles. The van der Waals surface area contributed by atoms with E-state index in [1.165, 1.54) is 5.56 Å². The summed E-state index contributed by atoms with van der Waals surface area (Å²) in [6.07, 6.45) is 1.67. The molecule has 0 radical (unpaired) electrons. The first-order valence-electron chi connectivity index (χ1n) is 10.6. The summed E-state index contributed by atoms with van der Waals surface area (Å²) in [5.74, 6) is 0.110. The Morgan fingerprint density at radius 1 is 1.00 bits per heavy atom. The molecule has 1 aromatic heterocycles. The maximum absolute atomic E-state index is 12.7. The molecule has 4 heteroatoms. The molecule has 3 rings (SSSR count). The average molecular weight is 412 g/mol. The summed E-state index contributed by atoms with van der Waals surface area (Å²) in [6, 6.07) is 22.1. The maximum atomic E-state index is 12.7. The summed E-state index contributed by atoms with van der Waals surface area (Å²) in [6.45, 7) is 10.3. The van der Waals surface area contributed by atoms with Crippen molar-refractivity contribution < 1.29 is 4.79 Å². The molecular weight excluding hydrogens is 382 g/mol. The molecule has 1 atom stereocenters. The Labute approximate surface area is 184 Å². The van der Waals surface area contributed by atoms with Crippen LogP contribution in [0.5, 0.6) is 0 Å². The molecule has 2 aromatic carbocycles. The van der Waals surface area contributed by atoms with Gasteiger partial charge in [-0.15, -0.1) is 0 Å². The van der Waals surface area contributed by atoms with Crippen LogP contribution in [0.4, 0.5) is 0 Å². The molecule has 0 aliphatic carbocycles. The fourth-order valence-corrected chi connectivity index (χ4v) is 3.74. The van der Waals surface area contributed by atoms with Crippen molar-refractivity contribution >= 4 is 12.0 Å². The Kier molecular flexibility index (Phi) is 6.77. The molecule has 31 heavy (non-hydrogen) atoms. The number of rotatable bonds is 6. The zero-order valence-corrected chi connectivity index (χ0v) is 18.8. The van der Waals surface area contributed by atoms with Crippen molar-refractivity contribution in [3.8, 4) is 11.8 Å². The number of nitriles is 1. The lowest BCUT2D eigenvalue weighted by molar-refractivity contribution is -0.117. The Morgan fingerprint density at radius 3 is 2.23 bits per heavy atom. The van der Waals surface area contributed by atoms with E-state index in [9.17, 15) is 10.1 Å². The van der Waals surface area contributed by atoms with Gasteiger partial charge in [-0.25, -0.2) is 0 Å². The van der Waals surface area contributed by atoms with Gasteiger partial charge in [0.2, 0.25) is 0 Å². The van der Waals surface area contributed by atoms with Crippen molar-refractivity contribution in [1.29, 1.82) is 5.26 Å². The summed E-state index contributed by atoms with van der Waals surface area (Å²) >= 11 is 0. The summed E-state index contributed by atoms with van der Waals surface area (Å²) in [5, 5.41) is 12.5. The monoisotopic (exact) mass is 411 g/mol. The van der Waals surface area contributed by atoms with E-state index >= 15 is 0 Å². The molecule has 4 nitrogen and oxygen atoms in total. The molecule has 0 saturated heterocycles. The highest BCUT2D eigenvalue weighted by atomic mass is 16.1. The van der Waals surface area contributed by atoms with Crippen molar-refractivity contribution in [2.45, 2.75) is 46.6 Å². The van der Waals surface area contributed by atoms with Crippen molar-refractivity contribution in [2.75, 3.05) is 0 Å². The molecule has 0 spiro atoms. The SMILES string of the molecule is Cc1cc(/C=C(/C#N)C(=O)N[C@@H](C)c2ccccc2)c(C)n1-c1ccc(C(C)C)cc1. The van der Waals surface area contributed by atoms with E-state index in [-0.39, 0.29) is 17.5 Å². The minimum atomic E-state index is -0.370.